The number of likely N-dealkylation sites (N-methyl/N-ethyl adjacent to an activating group) is 1. The highest BCUT2D eigenvalue weighted by molar-refractivity contribution is 5.62. The highest BCUT2D eigenvalue weighted by Crippen LogP contribution is 2.41. The topological polar surface area (TPSA) is 32.3 Å². The van der Waals surface area contributed by atoms with Crippen molar-refractivity contribution in [3.63, 3.8) is 0 Å². The van der Waals surface area contributed by atoms with Crippen molar-refractivity contribution < 1.29 is 31.4 Å². The smallest absolute Gasteiger partial charge is 0.349 e. The van der Waals surface area contributed by atoms with Crippen LogP contribution in [-0.4, -0.2) is 30.2 Å². The maximum atomic E-state index is 12.0. The monoisotopic (exact) mass is 351 g/mol. The van der Waals surface area contributed by atoms with Crippen molar-refractivity contribution in [1.82, 2.24) is 5.32 Å². The summed E-state index contributed by atoms with van der Waals surface area (Å²) in [5.41, 5.74) is 2.55. The summed E-state index contributed by atoms with van der Waals surface area (Å²) >= 11 is 0. The van der Waals surface area contributed by atoms with Gasteiger partial charge in [0.2, 0.25) is 0 Å². The Morgan fingerprint density at radius 2 is 1.04 bits per heavy atom. The molecule has 0 saturated carbocycles. The third-order valence-electron chi connectivity index (χ3n) is 2.99. The van der Waals surface area contributed by atoms with Gasteiger partial charge >= 0.3 is 18.1 Å². The molecule has 2 aromatic carbocycles. The van der Waals surface area contributed by atoms with Crippen LogP contribution in [-0.2, 0) is 0 Å². The van der Waals surface area contributed by atoms with Crippen LogP contribution < -0.4 is 5.32 Å². The lowest BCUT2D eigenvalue weighted by molar-refractivity contribution is -0.391. The molecule has 0 amide bonds. The number of nitrogens with one attached hydrogen (secondary N) is 1. The van der Waals surface area contributed by atoms with Crippen LogP contribution in [0.5, 0.6) is 0 Å². The standard InChI is InChI=1S/C12H10.C4H5F6NO/c1-3-7-11(8-4-1)12-9-5-2-6-10-12;1-11-4(9,10)2(5,12)3(6,7)8/h1-10H;11-12H,1H3. The molecule has 0 aromatic heterocycles. The largest absolute Gasteiger partial charge is 0.456 e. The van der Waals surface area contributed by atoms with Crippen LogP contribution in [0, 0.1) is 0 Å². The normalized spacial score (nSPS) is 14.3. The Kier molecular flexibility index (Phi) is 6.39. The predicted octanol–water partition coefficient (Wildman–Crippen LogP) is 4.37. The second-order valence-electron chi connectivity index (χ2n) is 4.68. The van der Waals surface area contributed by atoms with Gasteiger partial charge in [0.05, 0.1) is 0 Å². The first-order valence-corrected chi connectivity index (χ1v) is 6.68. The van der Waals surface area contributed by atoms with Crippen LogP contribution in [0.25, 0.3) is 11.1 Å². The van der Waals surface area contributed by atoms with Gasteiger partial charge in [-0.1, -0.05) is 60.7 Å². The Morgan fingerprint density at radius 3 is 1.25 bits per heavy atom. The lowest BCUT2D eigenvalue weighted by Crippen LogP contribution is -2.61. The molecule has 0 heterocycles. The van der Waals surface area contributed by atoms with Crippen molar-refractivity contribution in [3.8, 4) is 11.1 Å². The molecule has 0 bridgehead atoms. The van der Waals surface area contributed by atoms with Gasteiger partial charge in [-0.3, -0.25) is 5.32 Å². The van der Waals surface area contributed by atoms with Crippen LogP contribution in [0.3, 0.4) is 0 Å². The summed E-state index contributed by atoms with van der Waals surface area (Å²) in [5.74, 6) is -5.56. The number of hydrogen-bond acceptors (Lipinski definition) is 2. The minimum atomic E-state index is -6.04. The van der Waals surface area contributed by atoms with Gasteiger partial charge in [-0.2, -0.15) is 26.3 Å². The first-order chi connectivity index (χ1) is 11.0. The zero-order valence-corrected chi connectivity index (χ0v) is 12.5. The van der Waals surface area contributed by atoms with Gasteiger partial charge in [0.15, 0.2) is 0 Å². The van der Waals surface area contributed by atoms with Crippen molar-refractivity contribution >= 4 is 0 Å². The van der Waals surface area contributed by atoms with Gasteiger partial charge in [-0.15, -0.1) is 0 Å². The van der Waals surface area contributed by atoms with Gasteiger partial charge in [0.25, 0.3) is 0 Å². The average molecular weight is 351 g/mol. The number of alkyl halides is 6. The van der Waals surface area contributed by atoms with Crippen LogP contribution in [0.15, 0.2) is 60.7 Å². The fraction of sp³-hybridized carbons (Fsp3) is 0.250. The van der Waals surface area contributed by atoms with E-state index in [0.29, 0.717) is 12.4 Å². The molecule has 2 nitrogen and oxygen atoms in total. The van der Waals surface area contributed by atoms with E-state index in [2.05, 4.69) is 48.5 Å². The molecule has 2 N–H and O–H groups in total. The Bertz CT molecular complexity index is 576. The van der Waals surface area contributed by atoms with E-state index in [1.54, 1.807) is 0 Å². The number of benzene rings is 2. The Labute approximate surface area is 134 Å². The van der Waals surface area contributed by atoms with E-state index in [0.717, 1.165) is 0 Å². The van der Waals surface area contributed by atoms with E-state index >= 15 is 0 Å². The van der Waals surface area contributed by atoms with Gasteiger partial charge in [0.1, 0.15) is 0 Å². The van der Waals surface area contributed by atoms with Crippen molar-refractivity contribution in [2.45, 2.75) is 18.1 Å². The quantitative estimate of drug-likeness (QED) is 0.636. The van der Waals surface area contributed by atoms with Crippen LogP contribution in [0.1, 0.15) is 0 Å². The summed E-state index contributed by atoms with van der Waals surface area (Å²) in [5, 5.41) is 8.48. The maximum absolute atomic E-state index is 12.0. The zero-order valence-electron chi connectivity index (χ0n) is 12.5. The fourth-order valence-corrected chi connectivity index (χ4v) is 1.60. The summed E-state index contributed by atoms with van der Waals surface area (Å²) in [7, 11) is 0.385. The van der Waals surface area contributed by atoms with Crippen molar-refractivity contribution in [2.24, 2.45) is 0 Å². The predicted molar refractivity (Wildman–Crippen MR) is 78.0 cm³/mol. The molecular weight excluding hydrogens is 336 g/mol. The minimum Gasteiger partial charge on any atom is -0.349 e. The van der Waals surface area contributed by atoms with E-state index in [4.69, 9.17) is 5.11 Å². The molecule has 8 heteroatoms. The molecule has 1 unspecified atom stereocenters. The molecule has 24 heavy (non-hydrogen) atoms. The van der Waals surface area contributed by atoms with Gasteiger partial charge in [-0.25, -0.2) is 0 Å². The fourth-order valence-electron chi connectivity index (χ4n) is 1.60. The van der Waals surface area contributed by atoms with Crippen LogP contribution >= 0.6 is 0 Å². The number of aliphatic hydroxyl groups is 1. The van der Waals surface area contributed by atoms with Crippen LogP contribution in [0.2, 0.25) is 0 Å². The summed E-state index contributed by atoms with van der Waals surface area (Å²) in [6.45, 7) is 0. The van der Waals surface area contributed by atoms with Gasteiger partial charge < -0.3 is 5.11 Å². The van der Waals surface area contributed by atoms with Gasteiger partial charge in [0, 0.05) is 0 Å². The SMILES string of the molecule is CNC(F)(F)C(O)(F)C(F)(F)F.c1ccc(-c2ccccc2)cc1. The Balaban J connectivity index is 0.000000240. The third-order valence-corrected chi connectivity index (χ3v) is 2.99. The molecule has 2 rings (SSSR count). The molecule has 1 atom stereocenters. The van der Waals surface area contributed by atoms with Gasteiger partial charge in [-0.05, 0) is 18.2 Å². The third kappa shape index (κ3) is 4.72. The molecule has 0 aliphatic rings. The first-order valence-electron chi connectivity index (χ1n) is 6.68. The van der Waals surface area contributed by atoms with E-state index < -0.39 is 18.1 Å². The highest BCUT2D eigenvalue weighted by atomic mass is 19.4. The lowest BCUT2D eigenvalue weighted by Gasteiger charge is -2.29. The zero-order chi connectivity index (χ0) is 18.4. The summed E-state index contributed by atoms with van der Waals surface area (Å²) in [6, 6.07) is 15.7. The summed E-state index contributed by atoms with van der Waals surface area (Å²) in [6.07, 6.45) is -6.04. The molecule has 0 aliphatic heterocycles. The molecule has 0 saturated heterocycles. The number of hydrogen-bond donors (Lipinski definition) is 2. The highest BCUT2D eigenvalue weighted by Gasteiger charge is 2.70. The van der Waals surface area contributed by atoms with Crippen molar-refractivity contribution in [1.29, 1.82) is 0 Å². The van der Waals surface area contributed by atoms with E-state index in [1.807, 2.05) is 12.1 Å². The molecule has 0 aliphatic carbocycles. The molecule has 0 spiro atoms. The number of halogens is 6. The average Bonchev–Trinajstić information content (AvgIpc) is 2.56. The molecule has 0 radical (unpaired) electrons. The lowest BCUT2D eigenvalue weighted by atomic mass is 10.1. The second kappa shape index (κ2) is 7.67. The van der Waals surface area contributed by atoms with Crippen molar-refractivity contribution in [2.75, 3.05) is 7.05 Å². The minimum absolute atomic E-state index is 0.385. The molecule has 0 fully saturated rings. The Morgan fingerprint density at radius 1 is 0.708 bits per heavy atom. The molecular formula is C16H15F6NO. The van der Waals surface area contributed by atoms with Crippen molar-refractivity contribution in [3.05, 3.63) is 60.7 Å². The summed E-state index contributed by atoms with van der Waals surface area (Å²) in [4.78, 5) is 0. The first kappa shape index (κ1) is 20.0. The van der Waals surface area contributed by atoms with E-state index in [1.165, 1.54) is 11.1 Å². The van der Waals surface area contributed by atoms with E-state index in [-0.39, 0.29) is 0 Å². The van der Waals surface area contributed by atoms with Crippen LogP contribution in [0.4, 0.5) is 26.3 Å². The molecule has 2 aromatic rings. The molecule has 132 valence electrons. The maximum Gasteiger partial charge on any atom is 0.456 e. The summed E-state index contributed by atoms with van der Waals surface area (Å²) < 4.78 is 70.0. The van der Waals surface area contributed by atoms with E-state index in [9.17, 15) is 26.3 Å². The number of rotatable bonds is 3. The Hall–Kier alpha value is -2.06. The second-order valence-corrected chi connectivity index (χ2v) is 4.68.